The van der Waals surface area contributed by atoms with E-state index in [9.17, 15) is 4.79 Å². The number of rotatable bonds is 2. The van der Waals surface area contributed by atoms with Crippen molar-refractivity contribution in [2.45, 2.75) is 38.5 Å². The maximum Gasteiger partial charge on any atom is 0.226 e. The van der Waals surface area contributed by atoms with E-state index in [1.807, 2.05) is 0 Å². The summed E-state index contributed by atoms with van der Waals surface area (Å²) in [7, 11) is 0. The molecule has 14 heavy (non-hydrogen) atoms. The zero-order valence-corrected chi connectivity index (χ0v) is 8.74. The molecule has 0 aromatic carbocycles. The summed E-state index contributed by atoms with van der Waals surface area (Å²) in [5, 5.41) is 0. The van der Waals surface area contributed by atoms with Gasteiger partial charge in [-0.05, 0) is 18.0 Å². The predicted molar refractivity (Wildman–Crippen MR) is 56.6 cm³/mol. The third-order valence-corrected chi connectivity index (χ3v) is 3.73. The first kappa shape index (κ1) is 9.75. The molecule has 1 saturated heterocycles. The summed E-state index contributed by atoms with van der Waals surface area (Å²) in [4.78, 5) is 13.3. The summed E-state index contributed by atoms with van der Waals surface area (Å²) in [6, 6.07) is 0. The van der Waals surface area contributed by atoms with Gasteiger partial charge in [-0.3, -0.25) is 4.79 Å². The molecule has 0 N–H and O–H groups in total. The summed E-state index contributed by atoms with van der Waals surface area (Å²) < 4.78 is 0. The lowest BCUT2D eigenvalue weighted by Gasteiger charge is -2.26. The van der Waals surface area contributed by atoms with Crippen molar-refractivity contribution in [3.8, 4) is 0 Å². The van der Waals surface area contributed by atoms with E-state index >= 15 is 0 Å². The highest BCUT2D eigenvalue weighted by atomic mass is 16.2. The van der Waals surface area contributed by atoms with Crippen LogP contribution in [0.1, 0.15) is 38.5 Å². The van der Waals surface area contributed by atoms with Crippen LogP contribution in [0, 0.1) is 11.8 Å². The zero-order valence-electron chi connectivity index (χ0n) is 8.74. The van der Waals surface area contributed by atoms with Crippen molar-refractivity contribution >= 4 is 5.91 Å². The first-order chi connectivity index (χ1) is 6.81. The number of carbonyl (C=O) groups excluding carboxylic acids is 1. The topological polar surface area (TPSA) is 20.3 Å². The van der Waals surface area contributed by atoms with Crippen molar-refractivity contribution in [1.82, 2.24) is 4.90 Å². The number of carbonyl (C=O) groups is 1. The van der Waals surface area contributed by atoms with E-state index in [1.54, 1.807) is 11.1 Å². The Bertz CT molecular complexity index is 230. The molecule has 1 unspecified atom stereocenters. The predicted octanol–water partition coefficient (Wildman–Crippen LogP) is 2.56. The van der Waals surface area contributed by atoms with E-state index in [4.69, 9.17) is 0 Å². The van der Waals surface area contributed by atoms with Crippen LogP contribution in [0.5, 0.6) is 0 Å². The molecule has 2 heteroatoms. The minimum Gasteiger partial charge on any atom is -0.319 e. The summed E-state index contributed by atoms with van der Waals surface area (Å²) in [5.41, 5.74) is 0. The van der Waals surface area contributed by atoms with Gasteiger partial charge in [0.2, 0.25) is 5.91 Å². The highest BCUT2D eigenvalue weighted by Gasteiger charge is 2.33. The molecular weight excluding hydrogens is 174 g/mol. The van der Waals surface area contributed by atoms with Crippen LogP contribution >= 0.6 is 0 Å². The third-order valence-electron chi connectivity index (χ3n) is 3.73. The van der Waals surface area contributed by atoms with Crippen molar-refractivity contribution in [3.05, 3.63) is 12.8 Å². The van der Waals surface area contributed by atoms with E-state index in [-0.39, 0.29) is 5.91 Å². The summed E-state index contributed by atoms with van der Waals surface area (Å²) >= 11 is 0. The lowest BCUT2D eigenvalue weighted by Crippen LogP contribution is -2.21. The smallest absolute Gasteiger partial charge is 0.226 e. The fourth-order valence-corrected chi connectivity index (χ4v) is 2.86. The Hall–Kier alpha value is -0.790. The minimum atomic E-state index is 0.274. The van der Waals surface area contributed by atoms with Crippen LogP contribution < -0.4 is 0 Å². The molecule has 78 valence electrons. The summed E-state index contributed by atoms with van der Waals surface area (Å²) in [6.07, 6.45) is 9.24. The van der Waals surface area contributed by atoms with Gasteiger partial charge in [-0.25, -0.2) is 0 Å². The van der Waals surface area contributed by atoms with Crippen molar-refractivity contribution in [2.75, 3.05) is 6.54 Å². The Morgan fingerprint density at radius 3 is 2.50 bits per heavy atom. The lowest BCUT2D eigenvalue weighted by molar-refractivity contribution is -0.125. The maximum absolute atomic E-state index is 11.5. The SMILES string of the molecule is C=CN1CC(C2CCCCC2)CC1=O. The van der Waals surface area contributed by atoms with Gasteiger partial charge in [0.15, 0.2) is 0 Å². The molecule has 0 aromatic rings. The standard InChI is InChI=1S/C12H19NO/c1-2-13-9-11(8-12(13)14)10-6-4-3-5-7-10/h2,10-11H,1,3-9H2. The second kappa shape index (κ2) is 4.16. The van der Waals surface area contributed by atoms with Crippen LogP contribution in [0.3, 0.4) is 0 Å². The van der Waals surface area contributed by atoms with Crippen LogP contribution in [-0.4, -0.2) is 17.4 Å². The summed E-state index contributed by atoms with van der Waals surface area (Å²) in [5.74, 6) is 1.69. The number of hydrogen-bond donors (Lipinski definition) is 0. The van der Waals surface area contributed by atoms with Crippen molar-refractivity contribution in [1.29, 1.82) is 0 Å². The largest absolute Gasteiger partial charge is 0.319 e. The van der Waals surface area contributed by atoms with Crippen LogP contribution in [0.15, 0.2) is 12.8 Å². The Kier molecular flexibility index (Phi) is 2.90. The van der Waals surface area contributed by atoms with Crippen LogP contribution in [0.25, 0.3) is 0 Å². The Labute approximate surface area is 86.0 Å². The molecule has 1 aliphatic heterocycles. The normalized spacial score (nSPS) is 29.6. The fourth-order valence-electron chi connectivity index (χ4n) is 2.86. The molecule has 2 rings (SSSR count). The molecule has 1 heterocycles. The second-order valence-corrected chi connectivity index (χ2v) is 4.59. The minimum absolute atomic E-state index is 0.274. The van der Waals surface area contributed by atoms with E-state index in [1.165, 1.54) is 32.1 Å². The van der Waals surface area contributed by atoms with Crippen LogP contribution in [0.4, 0.5) is 0 Å². The van der Waals surface area contributed by atoms with Crippen molar-refractivity contribution < 1.29 is 4.79 Å². The van der Waals surface area contributed by atoms with Gasteiger partial charge in [-0.2, -0.15) is 0 Å². The first-order valence-electron chi connectivity index (χ1n) is 5.73. The van der Waals surface area contributed by atoms with Crippen LogP contribution in [-0.2, 0) is 4.79 Å². The molecule has 2 fully saturated rings. The number of likely N-dealkylation sites (tertiary alicyclic amines) is 1. The fraction of sp³-hybridized carbons (Fsp3) is 0.750. The second-order valence-electron chi connectivity index (χ2n) is 4.59. The number of amides is 1. The van der Waals surface area contributed by atoms with E-state index in [0.717, 1.165) is 18.9 Å². The molecule has 1 atom stereocenters. The quantitative estimate of drug-likeness (QED) is 0.660. The molecule has 0 aromatic heterocycles. The van der Waals surface area contributed by atoms with Gasteiger partial charge in [0, 0.05) is 13.0 Å². The lowest BCUT2D eigenvalue weighted by atomic mass is 9.79. The monoisotopic (exact) mass is 193 g/mol. The van der Waals surface area contributed by atoms with Gasteiger partial charge in [0.05, 0.1) is 0 Å². The van der Waals surface area contributed by atoms with Crippen molar-refractivity contribution in [3.63, 3.8) is 0 Å². The molecule has 2 aliphatic rings. The highest BCUT2D eigenvalue weighted by molar-refractivity contribution is 5.79. The van der Waals surface area contributed by atoms with Gasteiger partial charge in [-0.1, -0.05) is 38.7 Å². The number of hydrogen-bond acceptors (Lipinski definition) is 1. The van der Waals surface area contributed by atoms with Crippen molar-refractivity contribution in [2.24, 2.45) is 11.8 Å². The average Bonchev–Trinajstić information content (AvgIpc) is 2.61. The molecule has 1 saturated carbocycles. The van der Waals surface area contributed by atoms with E-state index in [0.29, 0.717) is 5.92 Å². The molecule has 1 aliphatic carbocycles. The van der Waals surface area contributed by atoms with E-state index < -0.39 is 0 Å². The molecule has 1 amide bonds. The summed E-state index contributed by atoms with van der Waals surface area (Å²) in [6.45, 7) is 4.60. The molecule has 0 spiro atoms. The highest BCUT2D eigenvalue weighted by Crippen LogP contribution is 2.35. The Morgan fingerprint density at radius 2 is 1.93 bits per heavy atom. The Balaban J connectivity index is 1.93. The molecular formula is C12H19NO. The van der Waals surface area contributed by atoms with Crippen LogP contribution in [0.2, 0.25) is 0 Å². The van der Waals surface area contributed by atoms with Gasteiger partial charge in [0.1, 0.15) is 0 Å². The third kappa shape index (κ3) is 1.84. The zero-order chi connectivity index (χ0) is 9.97. The molecule has 2 nitrogen and oxygen atoms in total. The van der Waals surface area contributed by atoms with E-state index in [2.05, 4.69) is 6.58 Å². The average molecular weight is 193 g/mol. The first-order valence-corrected chi connectivity index (χ1v) is 5.73. The van der Waals surface area contributed by atoms with Gasteiger partial charge in [0.25, 0.3) is 0 Å². The van der Waals surface area contributed by atoms with Gasteiger partial charge < -0.3 is 4.90 Å². The molecule has 0 bridgehead atoms. The maximum atomic E-state index is 11.5. The molecule has 0 radical (unpaired) electrons. The Morgan fingerprint density at radius 1 is 1.21 bits per heavy atom. The number of nitrogens with zero attached hydrogens (tertiary/aromatic N) is 1. The van der Waals surface area contributed by atoms with Gasteiger partial charge in [-0.15, -0.1) is 0 Å². The van der Waals surface area contributed by atoms with Gasteiger partial charge >= 0.3 is 0 Å².